The maximum Gasteiger partial charge on any atom is 0.250 e. The first-order valence-corrected chi connectivity index (χ1v) is 9.70. The number of amides is 1. The van der Waals surface area contributed by atoms with E-state index in [9.17, 15) is 9.59 Å². The highest BCUT2D eigenvalue weighted by Gasteiger charge is 2.62. The third-order valence-electron chi connectivity index (χ3n) is 5.96. The van der Waals surface area contributed by atoms with Gasteiger partial charge in [-0.25, -0.2) is 0 Å². The third kappa shape index (κ3) is 4.55. The minimum Gasteiger partial charge on any atom is -0.378 e. The van der Waals surface area contributed by atoms with Crippen molar-refractivity contribution in [1.29, 1.82) is 0 Å². The Labute approximate surface area is 177 Å². The third-order valence-corrected chi connectivity index (χ3v) is 5.96. The van der Waals surface area contributed by atoms with E-state index in [1.807, 2.05) is 51.1 Å². The molecule has 2 aromatic rings. The summed E-state index contributed by atoms with van der Waals surface area (Å²) >= 11 is 0. The predicted octanol–water partition coefficient (Wildman–Crippen LogP) is 2.47. The molecule has 158 valence electrons. The van der Waals surface area contributed by atoms with E-state index in [1.165, 1.54) is 0 Å². The van der Waals surface area contributed by atoms with Crippen LogP contribution in [0.3, 0.4) is 0 Å². The van der Waals surface area contributed by atoms with Crippen molar-refractivity contribution >= 4 is 18.3 Å². The summed E-state index contributed by atoms with van der Waals surface area (Å²) in [6.07, 6.45) is 2.31. The van der Waals surface area contributed by atoms with Crippen LogP contribution >= 0.6 is 12.4 Å². The molecule has 7 heteroatoms. The summed E-state index contributed by atoms with van der Waals surface area (Å²) in [6.45, 7) is 7.47. The first-order valence-electron chi connectivity index (χ1n) is 9.70. The number of hydrogen-bond donors (Lipinski definition) is 2. The van der Waals surface area contributed by atoms with Crippen LogP contribution in [0.2, 0.25) is 0 Å². The molecule has 1 heterocycles. The van der Waals surface area contributed by atoms with Crippen LogP contribution in [0.1, 0.15) is 38.3 Å². The number of ether oxygens (including phenoxy) is 1. The number of carbonyl (C=O) groups excluding carboxylic acids is 1. The highest BCUT2D eigenvalue weighted by atomic mass is 35.5. The zero-order valence-corrected chi connectivity index (χ0v) is 18.0. The van der Waals surface area contributed by atoms with Gasteiger partial charge in [-0.2, -0.15) is 0 Å². The number of nitrogens with one attached hydrogen (secondary N) is 1. The van der Waals surface area contributed by atoms with Crippen LogP contribution in [-0.4, -0.2) is 28.7 Å². The summed E-state index contributed by atoms with van der Waals surface area (Å²) in [5.41, 5.74) is 7.08. The first kappa shape index (κ1) is 23.1. The standard InChI is InChI=1S/C22H29N3O3.ClH/c1-4-28-18-13-22(23,21(18,2)3)20(27)24-14-16-8-10-17(11-9-16)15-25-12-6-5-7-19(25)26;/h5-12,18H,4,13-15,23H2,1-3H3,(H,24,27);1H. The second kappa shape index (κ2) is 9.11. The SMILES string of the molecule is CCOC1CC(N)(C(=O)NCc2ccc(Cn3ccccc3=O)cc2)C1(C)C.Cl. The van der Waals surface area contributed by atoms with Crippen molar-refractivity contribution in [1.82, 2.24) is 9.88 Å². The molecule has 2 unspecified atom stereocenters. The number of aromatic nitrogens is 1. The Bertz CT molecular complexity index is 895. The van der Waals surface area contributed by atoms with Crippen LogP contribution in [0, 0.1) is 5.41 Å². The fraction of sp³-hybridized carbons (Fsp3) is 0.455. The minimum atomic E-state index is -0.915. The maximum absolute atomic E-state index is 12.7. The van der Waals surface area contributed by atoms with E-state index in [-0.39, 0.29) is 30.0 Å². The van der Waals surface area contributed by atoms with Crippen molar-refractivity contribution in [2.24, 2.45) is 11.1 Å². The molecule has 0 saturated heterocycles. The summed E-state index contributed by atoms with van der Waals surface area (Å²) in [4.78, 5) is 24.5. The molecule has 1 aromatic heterocycles. The first-order chi connectivity index (χ1) is 13.3. The number of benzene rings is 1. The van der Waals surface area contributed by atoms with E-state index in [2.05, 4.69) is 5.32 Å². The van der Waals surface area contributed by atoms with Crippen LogP contribution < -0.4 is 16.6 Å². The molecule has 1 aromatic carbocycles. The average Bonchev–Trinajstić information content (AvgIpc) is 2.68. The van der Waals surface area contributed by atoms with Gasteiger partial charge in [0.2, 0.25) is 5.91 Å². The molecular formula is C22H30ClN3O3. The van der Waals surface area contributed by atoms with Crippen LogP contribution in [0.25, 0.3) is 0 Å². The molecule has 0 radical (unpaired) electrons. The Kier molecular flexibility index (Phi) is 7.27. The van der Waals surface area contributed by atoms with E-state index >= 15 is 0 Å². The lowest BCUT2D eigenvalue weighted by Gasteiger charge is -2.57. The van der Waals surface area contributed by atoms with Gasteiger partial charge in [-0.15, -0.1) is 12.4 Å². The Morgan fingerprint density at radius 1 is 1.21 bits per heavy atom. The second-order valence-electron chi connectivity index (χ2n) is 8.01. The van der Waals surface area contributed by atoms with Gasteiger partial charge in [-0.3, -0.25) is 9.59 Å². The minimum absolute atomic E-state index is 0. The molecule has 29 heavy (non-hydrogen) atoms. The monoisotopic (exact) mass is 419 g/mol. The number of hydrogen-bond acceptors (Lipinski definition) is 4. The molecule has 0 bridgehead atoms. The van der Waals surface area contributed by atoms with E-state index in [0.29, 0.717) is 26.1 Å². The number of pyridine rings is 1. The number of rotatable bonds is 7. The summed E-state index contributed by atoms with van der Waals surface area (Å²) < 4.78 is 7.34. The summed E-state index contributed by atoms with van der Waals surface area (Å²) in [6, 6.07) is 13.0. The van der Waals surface area contributed by atoms with Gasteiger partial charge in [0, 0.05) is 37.3 Å². The maximum atomic E-state index is 12.7. The predicted molar refractivity (Wildman–Crippen MR) is 116 cm³/mol. The van der Waals surface area contributed by atoms with Gasteiger partial charge in [0.05, 0.1) is 12.6 Å². The van der Waals surface area contributed by atoms with E-state index in [1.54, 1.807) is 22.9 Å². The quantitative estimate of drug-likeness (QED) is 0.721. The molecule has 0 aliphatic heterocycles. The molecule has 3 N–H and O–H groups in total. The number of carbonyl (C=O) groups is 1. The average molecular weight is 420 g/mol. The van der Waals surface area contributed by atoms with Crippen molar-refractivity contribution < 1.29 is 9.53 Å². The number of nitrogens with two attached hydrogens (primary N) is 1. The molecule has 1 aliphatic rings. The molecule has 1 saturated carbocycles. The Balaban J connectivity index is 0.00000300. The normalized spacial score (nSPS) is 22.3. The topological polar surface area (TPSA) is 86.3 Å². The molecular weight excluding hydrogens is 390 g/mol. The van der Waals surface area contributed by atoms with Crippen molar-refractivity contribution in [3.63, 3.8) is 0 Å². The highest BCUT2D eigenvalue weighted by Crippen LogP contribution is 2.49. The zero-order valence-electron chi connectivity index (χ0n) is 17.2. The smallest absolute Gasteiger partial charge is 0.250 e. The number of nitrogens with zero attached hydrogens (tertiary/aromatic N) is 1. The molecule has 6 nitrogen and oxygen atoms in total. The molecule has 1 fully saturated rings. The zero-order chi connectivity index (χ0) is 20.4. The summed E-state index contributed by atoms with van der Waals surface area (Å²) in [5.74, 6) is -0.145. The van der Waals surface area contributed by atoms with Gasteiger partial charge in [-0.1, -0.05) is 44.2 Å². The molecule has 1 aliphatic carbocycles. The lowest BCUT2D eigenvalue weighted by molar-refractivity contribution is -0.170. The molecule has 2 atom stereocenters. The molecule has 0 spiro atoms. The van der Waals surface area contributed by atoms with Gasteiger partial charge in [0.15, 0.2) is 0 Å². The lowest BCUT2D eigenvalue weighted by Crippen LogP contribution is -2.75. The van der Waals surface area contributed by atoms with Crippen LogP contribution in [-0.2, 0) is 22.6 Å². The molecule has 3 rings (SSSR count). The summed E-state index contributed by atoms with van der Waals surface area (Å²) in [5, 5.41) is 2.96. The van der Waals surface area contributed by atoms with E-state index in [0.717, 1.165) is 11.1 Å². The van der Waals surface area contributed by atoms with Gasteiger partial charge < -0.3 is 20.4 Å². The highest BCUT2D eigenvalue weighted by molar-refractivity contribution is 5.88. The Morgan fingerprint density at radius 3 is 2.45 bits per heavy atom. The van der Waals surface area contributed by atoms with Gasteiger partial charge in [0.1, 0.15) is 5.54 Å². The Morgan fingerprint density at radius 2 is 1.86 bits per heavy atom. The largest absolute Gasteiger partial charge is 0.378 e. The van der Waals surface area contributed by atoms with Crippen LogP contribution in [0.5, 0.6) is 0 Å². The summed E-state index contributed by atoms with van der Waals surface area (Å²) in [7, 11) is 0. The van der Waals surface area contributed by atoms with Crippen molar-refractivity contribution in [3.8, 4) is 0 Å². The van der Waals surface area contributed by atoms with Crippen molar-refractivity contribution in [2.75, 3.05) is 6.61 Å². The van der Waals surface area contributed by atoms with Gasteiger partial charge >= 0.3 is 0 Å². The van der Waals surface area contributed by atoms with Crippen molar-refractivity contribution in [2.45, 2.75) is 51.9 Å². The fourth-order valence-electron chi connectivity index (χ4n) is 3.71. The Hall–Kier alpha value is -2.15. The lowest BCUT2D eigenvalue weighted by atomic mass is 9.54. The molecule has 1 amide bonds. The second-order valence-corrected chi connectivity index (χ2v) is 8.01. The number of halogens is 1. The van der Waals surface area contributed by atoms with E-state index < -0.39 is 11.0 Å². The van der Waals surface area contributed by atoms with Gasteiger partial charge in [-0.05, 0) is 24.1 Å². The van der Waals surface area contributed by atoms with Crippen LogP contribution in [0.4, 0.5) is 0 Å². The van der Waals surface area contributed by atoms with Crippen molar-refractivity contribution in [3.05, 3.63) is 70.1 Å². The van der Waals surface area contributed by atoms with Gasteiger partial charge in [0.25, 0.3) is 5.56 Å². The van der Waals surface area contributed by atoms with E-state index in [4.69, 9.17) is 10.5 Å². The van der Waals surface area contributed by atoms with Crippen LogP contribution in [0.15, 0.2) is 53.5 Å². The fourth-order valence-corrected chi connectivity index (χ4v) is 3.71.